The van der Waals surface area contributed by atoms with Gasteiger partial charge in [0.05, 0.1) is 11.5 Å². The van der Waals surface area contributed by atoms with E-state index in [0.717, 1.165) is 17.9 Å². The number of amides is 1. The number of thioether (sulfide) groups is 1. The lowest BCUT2D eigenvalue weighted by Gasteiger charge is -2.17. The number of rotatable bonds is 6. The summed E-state index contributed by atoms with van der Waals surface area (Å²) >= 11 is 10.2. The largest absolute Gasteiger partial charge is 0.504 e. The predicted octanol–water partition coefficient (Wildman–Crippen LogP) is 5.33. The standard InChI is InChI=1S/C19H22BrNO3S2/c1-2-24-16-9-13(14(20)11-15(16)22)10-17-18(23)21(19(25)26-17)8-7-12-5-3-4-6-12/h9-12,22H,2-8H2,1H3/b17-10-. The Labute approximate surface area is 172 Å². The van der Waals surface area contributed by atoms with E-state index in [-0.39, 0.29) is 11.7 Å². The van der Waals surface area contributed by atoms with Gasteiger partial charge in [-0.05, 0) is 43.0 Å². The predicted molar refractivity (Wildman–Crippen MR) is 113 cm³/mol. The number of thiocarbonyl (C=S) groups is 1. The first-order valence-corrected chi connectivity index (χ1v) is 10.9. The Balaban J connectivity index is 1.75. The second-order valence-electron chi connectivity index (χ2n) is 6.55. The Hall–Kier alpha value is -1.05. The van der Waals surface area contributed by atoms with Crippen molar-refractivity contribution in [3.8, 4) is 11.5 Å². The molecule has 0 bridgehead atoms. The molecule has 1 aromatic carbocycles. The number of carbonyl (C=O) groups is 1. The number of hydrogen-bond donors (Lipinski definition) is 1. The monoisotopic (exact) mass is 455 g/mol. The molecule has 0 atom stereocenters. The van der Waals surface area contributed by atoms with E-state index >= 15 is 0 Å². The highest BCUT2D eigenvalue weighted by atomic mass is 79.9. The lowest BCUT2D eigenvalue weighted by Crippen LogP contribution is -2.30. The Morgan fingerprint density at radius 1 is 1.42 bits per heavy atom. The van der Waals surface area contributed by atoms with Gasteiger partial charge in [-0.3, -0.25) is 9.69 Å². The highest BCUT2D eigenvalue weighted by molar-refractivity contribution is 9.10. The molecule has 0 unspecified atom stereocenters. The molecule has 26 heavy (non-hydrogen) atoms. The average Bonchev–Trinajstić information content (AvgIpc) is 3.20. The Morgan fingerprint density at radius 2 is 2.15 bits per heavy atom. The maximum Gasteiger partial charge on any atom is 0.266 e. The van der Waals surface area contributed by atoms with Crippen molar-refractivity contribution in [2.75, 3.05) is 13.2 Å². The third kappa shape index (κ3) is 4.43. The number of carbonyl (C=O) groups excluding carboxylic acids is 1. The molecule has 1 aliphatic heterocycles. The van der Waals surface area contributed by atoms with Gasteiger partial charge in [0, 0.05) is 11.0 Å². The van der Waals surface area contributed by atoms with Crippen LogP contribution in [0.3, 0.4) is 0 Å². The van der Waals surface area contributed by atoms with E-state index in [4.69, 9.17) is 17.0 Å². The van der Waals surface area contributed by atoms with Gasteiger partial charge < -0.3 is 9.84 Å². The van der Waals surface area contributed by atoms with Crippen LogP contribution in [0.4, 0.5) is 0 Å². The van der Waals surface area contributed by atoms with Crippen molar-refractivity contribution >= 4 is 56.2 Å². The van der Waals surface area contributed by atoms with Crippen molar-refractivity contribution in [2.24, 2.45) is 5.92 Å². The third-order valence-electron chi connectivity index (χ3n) is 4.77. The van der Waals surface area contributed by atoms with Crippen LogP contribution in [0.1, 0.15) is 44.6 Å². The Morgan fingerprint density at radius 3 is 2.85 bits per heavy atom. The van der Waals surface area contributed by atoms with E-state index in [9.17, 15) is 9.90 Å². The molecule has 1 aliphatic carbocycles. The molecule has 1 aromatic rings. The van der Waals surface area contributed by atoms with E-state index in [0.29, 0.717) is 32.6 Å². The number of aromatic hydroxyl groups is 1. The van der Waals surface area contributed by atoms with Crippen molar-refractivity contribution < 1.29 is 14.6 Å². The zero-order valence-corrected chi connectivity index (χ0v) is 17.9. The number of phenolic OH excluding ortho intramolecular Hbond substituents is 1. The van der Waals surface area contributed by atoms with Crippen molar-refractivity contribution in [1.29, 1.82) is 0 Å². The summed E-state index contributed by atoms with van der Waals surface area (Å²) in [5.41, 5.74) is 0.780. The molecule has 0 radical (unpaired) electrons. The van der Waals surface area contributed by atoms with Crippen LogP contribution in [0, 0.1) is 5.92 Å². The van der Waals surface area contributed by atoms with Crippen molar-refractivity contribution in [2.45, 2.75) is 39.0 Å². The summed E-state index contributed by atoms with van der Waals surface area (Å²) < 4.78 is 6.76. The first kappa shape index (κ1) is 19.7. The Bertz CT molecular complexity index is 745. The highest BCUT2D eigenvalue weighted by Gasteiger charge is 2.32. The normalized spacial score (nSPS) is 19.8. The maximum atomic E-state index is 12.8. The second-order valence-corrected chi connectivity index (χ2v) is 9.08. The van der Waals surface area contributed by atoms with E-state index in [1.807, 2.05) is 6.92 Å². The molecule has 1 saturated carbocycles. The van der Waals surface area contributed by atoms with Crippen LogP contribution in [-0.4, -0.2) is 33.4 Å². The second kappa shape index (κ2) is 8.76. The molecule has 0 spiro atoms. The molecule has 1 heterocycles. The van der Waals surface area contributed by atoms with E-state index in [1.54, 1.807) is 23.1 Å². The number of halogens is 1. The van der Waals surface area contributed by atoms with Gasteiger partial charge in [-0.25, -0.2) is 0 Å². The average molecular weight is 456 g/mol. The van der Waals surface area contributed by atoms with Crippen LogP contribution < -0.4 is 4.74 Å². The minimum atomic E-state index is -0.0315. The number of phenols is 1. The van der Waals surface area contributed by atoms with Crippen LogP contribution in [0.5, 0.6) is 11.5 Å². The lowest BCUT2D eigenvalue weighted by atomic mass is 10.0. The van der Waals surface area contributed by atoms with E-state index in [2.05, 4.69) is 15.9 Å². The Kier molecular flexibility index (Phi) is 6.64. The maximum absolute atomic E-state index is 12.8. The summed E-state index contributed by atoms with van der Waals surface area (Å²) in [6.45, 7) is 3.02. The molecule has 1 amide bonds. The molecule has 140 valence electrons. The first-order valence-electron chi connectivity index (χ1n) is 8.90. The lowest BCUT2D eigenvalue weighted by molar-refractivity contribution is -0.122. The van der Waals surface area contributed by atoms with Crippen LogP contribution in [-0.2, 0) is 4.79 Å². The first-order chi connectivity index (χ1) is 12.5. The number of ether oxygens (including phenoxy) is 1. The molecule has 2 fully saturated rings. The summed E-state index contributed by atoms with van der Waals surface area (Å²) in [7, 11) is 0. The molecule has 2 aliphatic rings. The molecular weight excluding hydrogens is 434 g/mol. The summed E-state index contributed by atoms with van der Waals surface area (Å²) in [5.74, 6) is 1.17. The molecule has 3 rings (SSSR count). The topological polar surface area (TPSA) is 49.8 Å². The quantitative estimate of drug-likeness (QED) is 0.463. The fourth-order valence-electron chi connectivity index (χ4n) is 3.39. The molecular formula is C19H22BrNO3S2. The van der Waals surface area contributed by atoms with Gasteiger partial charge >= 0.3 is 0 Å². The zero-order chi connectivity index (χ0) is 18.7. The van der Waals surface area contributed by atoms with Crippen LogP contribution >= 0.6 is 39.9 Å². The van der Waals surface area contributed by atoms with Gasteiger partial charge in [-0.2, -0.15) is 0 Å². The van der Waals surface area contributed by atoms with Crippen molar-refractivity contribution in [3.05, 3.63) is 27.1 Å². The van der Waals surface area contributed by atoms with Crippen LogP contribution in [0.25, 0.3) is 6.08 Å². The molecule has 4 nitrogen and oxygen atoms in total. The minimum Gasteiger partial charge on any atom is -0.504 e. The smallest absolute Gasteiger partial charge is 0.266 e. The zero-order valence-electron chi connectivity index (χ0n) is 14.7. The number of benzene rings is 1. The third-order valence-corrected chi connectivity index (χ3v) is 6.84. The van der Waals surface area contributed by atoms with Gasteiger partial charge in [0.2, 0.25) is 0 Å². The fraction of sp³-hybridized carbons (Fsp3) is 0.474. The van der Waals surface area contributed by atoms with Gasteiger partial charge in [-0.1, -0.05) is 65.6 Å². The van der Waals surface area contributed by atoms with E-state index in [1.165, 1.54) is 37.4 Å². The molecule has 0 aromatic heterocycles. The van der Waals surface area contributed by atoms with Crippen LogP contribution in [0.2, 0.25) is 0 Å². The number of hydrogen-bond acceptors (Lipinski definition) is 5. The molecule has 1 N–H and O–H groups in total. The fourth-order valence-corrected chi connectivity index (χ4v) is 5.13. The minimum absolute atomic E-state index is 0.0315. The summed E-state index contributed by atoms with van der Waals surface area (Å²) in [6.07, 6.45) is 7.98. The van der Waals surface area contributed by atoms with Gasteiger partial charge in [0.25, 0.3) is 5.91 Å². The molecule has 1 saturated heterocycles. The summed E-state index contributed by atoms with van der Waals surface area (Å²) in [6, 6.07) is 3.31. The summed E-state index contributed by atoms with van der Waals surface area (Å²) in [5, 5.41) is 9.94. The van der Waals surface area contributed by atoms with Crippen LogP contribution in [0.15, 0.2) is 21.5 Å². The molecule has 7 heteroatoms. The van der Waals surface area contributed by atoms with E-state index < -0.39 is 0 Å². The van der Waals surface area contributed by atoms with Gasteiger partial charge in [0.1, 0.15) is 4.32 Å². The van der Waals surface area contributed by atoms with Crippen molar-refractivity contribution in [3.63, 3.8) is 0 Å². The van der Waals surface area contributed by atoms with Gasteiger partial charge in [0.15, 0.2) is 11.5 Å². The van der Waals surface area contributed by atoms with Crippen molar-refractivity contribution in [1.82, 2.24) is 4.90 Å². The number of nitrogens with zero attached hydrogens (tertiary/aromatic N) is 1. The summed E-state index contributed by atoms with van der Waals surface area (Å²) in [4.78, 5) is 15.1. The van der Waals surface area contributed by atoms with Gasteiger partial charge in [-0.15, -0.1) is 0 Å². The SMILES string of the molecule is CCOc1cc(/C=C2\SC(=S)N(CCC3CCCC3)C2=O)c(Br)cc1O. The highest BCUT2D eigenvalue weighted by Crippen LogP contribution is 2.38.